The number of carbonyl (C=O) groups is 1. The van der Waals surface area contributed by atoms with Crippen LogP contribution < -0.4 is 9.47 Å². The molecule has 8 heteroatoms. The fourth-order valence-electron chi connectivity index (χ4n) is 3.74. The first kappa shape index (κ1) is 27.1. The Balaban J connectivity index is 1.67. The van der Waals surface area contributed by atoms with Gasteiger partial charge in [0.2, 0.25) is 0 Å². The summed E-state index contributed by atoms with van der Waals surface area (Å²) in [5, 5.41) is 1.74. The molecular weight excluding hydrogens is 527 g/mol. The van der Waals surface area contributed by atoms with Crippen LogP contribution in [0.2, 0.25) is 10.0 Å². The lowest BCUT2D eigenvalue weighted by Gasteiger charge is -2.18. The molecule has 3 aromatic carbocycles. The molecule has 1 heterocycles. The number of amidine groups is 1. The molecule has 0 spiro atoms. The number of nitrogens with zero attached hydrogens (tertiary/aromatic N) is 2. The zero-order valence-corrected chi connectivity index (χ0v) is 23.5. The van der Waals surface area contributed by atoms with Crippen molar-refractivity contribution in [3.8, 4) is 11.5 Å². The number of thioether (sulfide) groups is 1. The van der Waals surface area contributed by atoms with Crippen LogP contribution in [0.4, 0.5) is 5.69 Å². The minimum atomic E-state index is -0.0842. The number of hydrogen-bond donors (Lipinski definition) is 0. The summed E-state index contributed by atoms with van der Waals surface area (Å²) >= 11 is 13.7. The van der Waals surface area contributed by atoms with Crippen LogP contribution in [0.1, 0.15) is 30.5 Å². The number of para-hydroxylation sites is 1. The molecule has 1 saturated heterocycles. The first-order chi connectivity index (χ1) is 17.7. The number of methoxy groups -OCH3 is 1. The smallest absolute Gasteiger partial charge is 0.266 e. The maximum absolute atomic E-state index is 13.5. The highest BCUT2D eigenvalue weighted by Crippen LogP contribution is 2.39. The number of carbonyl (C=O) groups excluding carboxylic acids is 1. The Morgan fingerprint density at radius 2 is 1.84 bits per heavy atom. The van der Waals surface area contributed by atoms with E-state index >= 15 is 0 Å². The van der Waals surface area contributed by atoms with Crippen LogP contribution in [0, 0.1) is 12.8 Å². The van der Waals surface area contributed by atoms with E-state index in [1.807, 2.05) is 61.5 Å². The Labute approximate surface area is 232 Å². The number of aryl methyl sites for hydroxylation is 1. The Kier molecular flexibility index (Phi) is 8.85. The van der Waals surface area contributed by atoms with Gasteiger partial charge in [-0.25, -0.2) is 4.99 Å². The molecule has 1 aliphatic heterocycles. The highest BCUT2D eigenvalue weighted by Gasteiger charge is 2.34. The van der Waals surface area contributed by atoms with Gasteiger partial charge in [0, 0.05) is 27.7 Å². The molecule has 0 radical (unpaired) electrons. The summed E-state index contributed by atoms with van der Waals surface area (Å²) in [6, 6.07) is 18.8. The highest BCUT2D eigenvalue weighted by molar-refractivity contribution is 8.18. The number of ether oxygens (including phenoxy) is 2. The molecule has 5 nitrogen and oxygen atoms in total. The van der Waals surface area contributed by atoms with Crippen LogP contribution in [0.15, 0.2) is 70.6 Å². The van der Waals surface area contributed by atoms with Gasteiger partial charge in [-0.15, -0.1) is 0 Å². The topological polar surface area (TPSA) is 51.1 Å². The molecule has 1 aliphatic rings. The molecule has 0 bridgehead atoms. The third-order valence-corrected chi connectivity index (χ3v) is 7.19. The highest BCUT2D eigenvalue weighted by atomic mass is 35.5. The second-order valence-electron chi connectivity index (χ2n) is 9.05. The number of halogens is 2. The van der Waals surface area contributed by atoms with E-state index < -0.39 is 0 Å². The van der Waals surface area contributed by atoms with Gasteiger partial charge in [-0.05, 0) is 61.0 Å². The van der Waals surface area contributed by atoms with Crippen LogP contribution >= 0.6 is 35.0 Å². The van der Waals surface area contributed by atoms with Gasteiger partial charge in [0.15, 0.2) is 16.7 Å². The molecule has 37 heavy (non-hydrogen) atoms. The van der Waals surface area contributed by atoms with E-state index in [-0.39, 0.29) is 18.4 Å². The summed E-state index contributed by atoms with van der Waals surface area (Å²) < 4.78 is 11.7. The van der Waals surface area contributed by atoms with Crippen LogP contribution in [0.25, 0.3) is 6.08 Å². The van der Waals surface area contributed by atoms with Crippen LogP contribution in [-0.4, -0.2) is 29.6 Å². The number of aliphatic imine (C=N–C) groups is 1. The molecule has 4 rings (SSSR count). The van der Waals surface area contributed by atoms with Crippen LogP contribution in [0.3, 0.4) is 0 Å². The van der Waals surface area contributed by atoms with Crippen molar-refractivity contribution >= 4 is 57.8 Å². The van der Waals surface area contributed by atoms with Gasteiger partial charge in [-0.3, -0.25) is 9.69 Å². The van der Waals surface area contributed by atoms with Gasteiger partial charge in [0.25, 0.3) is 5.91 Å². The van der Waals surface area contributed by atoms with Crippen molar-refractivity contribution in [3.63, 3.8) is 0 Å². The summed E-state index contributed by atoms with van der Waals surface area (Å²) in [6.45, 7) is 6.99. The number of rotatable bonds is 8. The SMILES string of the molecule is COc1cccc(/C=C2/SC(=Nc3ccc(C)cc3)N(CC(C)C)C2=O)c1OCc1ccc(Cl)cc1Cl. The van der Waals surface area contributed by atoms with Crippen molar-refractivity contribution in [2.45, 2.75) is 27.4 Å². The van der Waals surface area contributed by atoms with Crippen molar-refractivity contribution in [1.82, 2.24) is 4.90 Å². The van der Waals surface area contributed by atoms with E-state index in [0.29, 0.717) is 38.2 Å². The normalized spacial score (nSPS) is 15.8. The number of hydrogen-bond acceptors (Lipinski definition) is 5. The lowest BCUT2D eigenvalue weighted by atomic mass is 10.1. The van der Waals surface area contributed by atoms with Gasteiger partial charge >= 0.3 is 0 Å². The molecule has 0 atom stereocenters. The number of amides is 1. The Morgan fingerprint density at radius 1 is 1.08 bits per heavy atom. The molecule has 0 unspecified atom stereocenters. The van der Waals surface area contributed by atoms with Crippen molar-refractivity contribution in [2.24, 2.45) is 10.9 Å². The van der Waals surface area contributed by atoms with E-state index in [2.05, 4.69) is 13.8 Å². The lowest BCUT2D eigenvalue weighted by Crippen LogP contribution is -2.32. The van der Waals surface area contributed by atoms with Crippen molar-refractivity contribution in [1.29, 1.82) is 0 Å². The van der Waals surface area contributed by atoms with Crippen LogP contribution in [0.5, 0.6) is 11.5 Å². The van der Waals surface area contributed by atoms with Gasteiger partial charge < -0.3 is 9.47 Å². The quantitative estimate of drug-likeness (QED) is 0.263. The number of benzene rings is 3. The molecular formula is C29H28Cl2N2O3S. The van der Waals surface area contributed by atoms with Gasteiger partial charge in [-0.1, -0.05) is 72.9 Å². The summed E-state index contributed by atoms with van der Waals surface area (Å²) in [5.41, 5.74) is 3.48. The summed E-state index contributed by atoms with van der Waals surface area (Å²) in [6.07, 6.45) is 1.83. The van der Waals surface area contributed by atoms with E-state index in [0.717, 1.165) is 22.4 Å². The second kappa shape index (κ2) is 12.1. The minimum absolute atomic E-state index is 0.0842. The first-order valence-corrected chi connectivity index (χ1v) is 13.4. The van der Waals surface area contributed by atoms with Gasteiger partial charge in [-0.2, -0.15) is 0 Å². The fraction of sp³-hybridized carbons (Fsp3) is 0.241. The van der Waals surface area contributed by atoms with Gasteiger partial charge in [0.05, 0.1) is 17.7 Å². The Morgan fingerprint density at radius 3 is 2.51 bits per heavy atom. The molecule has 1 amide bonds. The van der Waals surface area contributed by atoms with E-state index in [1.165, 1.54) is 11.8 Å². The molecule has 0 aromatic heterocycles. The lowest BCUT2D eigenvalue weighted by molar-refractivity contribution is -0.122. The third kappa shape index (κ3) is 6.69. The molecule has 0 aliphatic carbocycles. The van der Waals surface area contributed by atoms with Crippen molar-refractivity contribution < 1.29 is 14.3 Å². The monoisotopic (exact) mass is 554 g/mol. The van der Waals surface area contributed by atoms with E-state index in [1.54, 1.807) is 24.1 Å². The van der Waals surface area contributed by atoms with Crippen molar-refractivity contribution in [2.75, 3.05) is 13.7 Å². The predicted molar refractivity (Wildman–Crippen MR) is 154 cm³/mol. The largest absolute Gasteiger partial charge is 0.493 e. The van der Waals surface area contributed by atoms with Gasteiger partial charge in [0.1, 0.15) is 6.61 Å². The summed E-state index contributed by atoms with van der Waals surface area (Å²) in [7, 11) is 1.58. The Hall–Kier alpha value is -2.93. The third-order valence-electron chi connectivity index (χ3n) is 5.60. The first-order valence-electron chi connectivity index (χ1n) is 11.9. The van der Waals surface area contributed by atoms with E-state index in [9.17, 15) is 4.79 Å². The zero-order chi connectivity index (χ0) is 26.5. The average molecular weight is 556 g/mol. The molecule has 3 aromatic rings. The van der Waals surface area contributed by atoms with Crippen LogP contribution in [-0.2, 0) is 11.4 Å². The molecule has 1 fully saturated rings. The summed E-state index contributed by atoms with van der Waals surface area (Å²) in [4.78, 5) is 20.6. The minimum Gasteiger partial charge on any atom is -0.493 e. The summed E-state index contributed by atoms with van der Waals surface area (Å²) in [5.74, 6) is 1.28. The fourth-order valence-corrected chi connectivity index (χ4v) is 5.20. The average Bonchev–Trinajstić information content (AvgIpc) is 3.13. The predicted octanol–water partition coefficient (Wildman–Crippen LogP) is 8.15. The second-order valence-corrected chi connectivity index (χ2v) is 10.9. The molecule has 0 saturated carbocycles. The zero-order valence-electron chi connectivity index (χ0n) is 21.1. The van der Waals surface area contributed by atoms with Crippen molar-refractivity contribution in [3.05, 3.63) is 92.3 Å². The maximum atomic E-state index is 13.5. The standard InChI is InChI=1S/C29H28Cl2N2O3S/c1-18(2)16-33-28(34)26(37-29(33)32-23-12-8-19(3)9-13-23)14-20-6-5-7-25(35-4)27(20)36-17-21-10-11-22(30)15-24(21)31/h5-15,18H,16-17H2,1-4H3/b26-14+,32-29?. The Bertz CT molecular complexity index is 1350. The molecule has 0 N–H and O–H groups in total. The maximum Gasteiger partial charge on any atom is 0.266 e. The molecule has 192 valence electrons. The van der Waals surface area contributed by atoms with E-state index in [4.69, 9.17) is 37.7 Å².